The van der Waals surface area contributed by atoms with Crippen molar-refractivity contribution in [1.29, 1.82) is 0 Å². The highest BCUT2D eigenvalue weighted by atomic mass is 16.4. The normalized spacial score (nSPS) is 15.5. The molecule has 0 spiro atoms. The molecule has 0 aromatic heterocycles. The lowest BCUT2D eigenvalue weighted by atomic mass is 10.00. The second kappa shape index (κ2) is 23.8. The number of aliphatic carboxylic acids is 3. The summed E-state index contributed by atoms with van der Waals surface area (Å²) in [5, 5.41) is 31.0. The van der Waals surface area contributed by atoms with Gasteiger partial charge < -0.3 is 20.1 Å². The predicted octanol–water partition coefficient (Wildman–Crippen LogP) is 7.27. The Hall–Kier alpha value is -1.89. The topological polar surface area (TPSA) is 115 Å². The number of carboxylic acid groups (broad SMARTS) is 3. The molecule has 0 rings (SSSR count). The minimum atomic E-state index is -1.42. The Bertz CT molecular complexity index is 657. The van der Waals surface area contributed by atoms with Crippen LogP contribution in [0.4, 0.5) is 0 Å². The number of unbranched alkanes of at least 4 members (excludes halogenated alkanes) is 18. The molecule has 3 unspecified atom stereocenters. The van der Waals surface area contributed by atoms with Gasteiger partial charge in [0.1, 0.15) is 6.04 Å². The van der Waals surface area contributed by atoms with E-state index in [1.165, 1.54) is 117 Å². The molecule has 234 valence electrons. The van der Waals surface area contributed by atoms with E-state index in [9.17, 15) is 29.7 Å². The molecule has 0 amide bonds. The van der Waals surface area contributed by atoms with Crippen LogP contribution in [0.2, 0.25) is 0 Å². The van der Waals surface area contributed by atoms with Crippen LogP contribution in [0.3, 0.4) is 0 Å². The Kier molecular flexibility index (Phi) is 22.7. The Morgan fingerprint density at radius 2 is 0.900 bits per heavy atom. The van der Waals surface area contributed by atoms with Gasteiger partial charge in [-0.15, -0.1) is 0 Å². The smallest absolute Gasteiger partial charge is 0.362 e. The number of hydrogen-bond acceptors (Lipinski definition) is 4. The molecule has 0 saturated heterocycles. The van der Waals surface area contributed by atoms with Gasteiger partial charge in [-0.05, 0) is 59.3 Å². The number of allylic oxidation sites excluding steroid dienone is 2. The molecule has 0 aromatic rings. The first kappa shape index (κ1) is 38.1. The zero-order valence-electron chi connectivity index (χ0n) is 26.2. The van der Waals surface area contributed by atoms with Gasteiger partial charge in [0, 0.05) is 0 Å². The summed E-state index contributed by atoms with van der Waals surface area (Å²) in [7, 11) is 0. The monoisotopic (exact) mass is 567 g/mol. The van der Waals surface area contributed by atoms with E-state index in [1.54, 1.807) is 0 Å². The van der Waals surface area contributed by atoms with Gasteiger partial charge in [0.25, 0.3) is 0 Å². The summed E-state index contributed by atoms with van der Waals surface area (Å²) in [6, 6.07) is -3.56. The van der Waals surface area contributed by atoms with Gasteiger partial charge in [-0.25, -0.2) is 9.59 Å². The fraction of sp³-hybridized carbons (Fsp3) is 0.848. The maximum absolute atomic E-state index is 11.8. The van der Waals surface area contributed by atoms with Gasteiger partial charge in [-0.2, -0.15) is 0 Å². The quantitative estimate of drug-likeness (QED) is 0.0584. The van der Waals surface area contributed by atoms with E-state index in [2.05, 4.69) is 19.1 Å². The molecule has 0 bridgehead atoms. The molecule has 7 heteroatoms. The van der Waals surface area contributed by atoms with Crippen molar-refractivity contribution in [3.63, 3.8) is 0 Å². The van der Waals surface area contributed by atoms with E-state index in [0.717, 1.165) is 25.7 Å². The minimum Gasteiger partial charge on any atom is -0.544 e. The summed E-state index contributed by atoms with van der Waals surface area (Å²) in [5.74, 6) is -3.82. The molecule has 7 nitrogen and oxygen atoms in total. The van der Waals surface area contributed by atoms with Gasteiger partial charge in [0.05, 0.1) is 12.5 Å². The molecule has 0 saturated carbocycles. The van der Waals surface area contributed by atoms with Crippen LogP contribution in [0.15, 0.2) is 12.2 Å². The summed E-state index contributed by atoms with van der Waals surface area (Å²) >= 11 is 0. The minimum absolute atomic E-state index is 0.184. The largest absolute Gasteiger partial charge is 0.544 e. The van der Waals surface area contributed by atoms with Crippen LogP contribution < -0.4 is 5.11 Å². The molecule has 0 fully saturated rings. The van der Waals surface area contributed by atoms with Gasteiger partial charge in [0.15, 0.2) is 12.1 Å². The third-order valence-corrected chi connectivity index (χ3v) is 8.78. The van der Waals surface area contributed by atoms with Crippen LogP contribution in [0.5, 0.6) is 0 Å². The van der Waals surface area contributed by atoms with Gasteiger partial charge in [0.2, 0.25) is 0 Å². The lowest BCUT2D eigenvalue weighted by Gasteiger charge is -2.49. The average Bonchev–Trinajstić information content (AvgIpc) is 2.92. The Labute approximate surface area is 245 Å². The van der Waals surface area contributed by atoms with E-state index >= 15 is 0 Å². The van der Waals surface area contributed by atoms with Crippen LogP contribution in [0.1, 0.15) is 156 Å². The average molecular weight is 568 g/mol. The highest BCUT2D eigenvalue weighted by molar-refractivity contribution is 5.76. The summed E-state index contributed by atoms with van der Waals surface area (Å²) in [6.45, 7) is 6.61. The molecule has 0 aliphatic carbocycles. The van der Waals surface area contributed by atoms with Crippen molar-refractivity contribution in [2.45, 2.75) is 174 Å². The first-order chi connectivity index (χ1) is 19.1. The predicted molar refractivity (Wildman–Crippen MR) is 161 cm³/mol. The molecule has 0 aromatic carbocycles. The molecule has 40 heavy (non-hydrogen) atoms. The standard InChI is InChI=1S/C33H61NO6/c1-5-6-7-8-9-10-11-12-13-14-15-16-17-18-19-20-21-22-23-24-25-26-27-34(28(2)31(35)36,29(3)32(37)38)30(4)33(39)40/h14-15,28-30H,5-13,16-27H2,1-4H3,(H2-,35,36,37,38,39,40)/b15-14+. The number of carboxylic acids is 3. The number of nitrogens with zero attached hydrogens (tertiary/aromatic N) is 1. The lowest BCUT2D eigenvalue weighted by Crippen LogP contribution is -2.72. The van der Waals surface area contributed by atoms with Crippen molar-refractivity contribution in [2.24, 2.45) is 0 Å². The van der Waals surface area contributed by atoms with E-state index in [4.69, 9.17) is 0 Å². The van der Waals surface area contributed by atoms with Crippen molar-refractivity contribution < 1.29 is 34.2 Å². The summed E-state index contributed by atoms with van der Waals surface area (Å²) in [4.78, 5) is 35.3. The second-order valence-corrected chi connectivity index (χ2v) is 11.8. The van der Waals surface area contributed by atoms with Crippen LogP contribution >= 0.6 is 0 Å². The highest BCUT2D eigenvalue weighted by Gasteiger charge is 2.50. The first-order valence-electron chi connectivity index (χ1n) is 16.3. The van der Waals surface area contributed by atoms with Crippen molar-refractivity contribution in [2.75, 3.05) is 6.54 Å². The zero-order valence-corrected chi connectivity index (χ0v) is 26.2. The lowest BCUT2D eigenvalue weighted by molar-refractivity contribution is -0.969. The van der Waals surface area contributed by atoms with Crippen molar-refractivity contribution >= 4 is 17.9 Å². The Balaban J connectivity index is 4.00. The maximum atomic E-state index is 11.8. The molecule has 0 aliphatic rings. The molecule has 3 atom stereocenters. The van der Waals surface area contributed by atoms with Crippen molar-refractivity contribution in [3.05, 3.63) is 12.2 Å². The number of rotatable bonds is 28. The van der Waals surface area contributed by atoms with E-state index < -0.39 is 40.5 Å². The van der Waals surface area contributed by atoms with Crippen molar-refractivity contribution in [1.82, 2.24) is 0 Å². The number of hydrogen-bond donors (Lipinski definition) is 2. The van der Waals surface area contributed by atoms with Crippen LogP contribution in [0.25, 0.3) is 0 Å². The fourth-order valence-corrected chi connectivity index (χ4v) is 5.89. The summed E-state index contributed by atoms with van der Waals surface area (Å²) in [6.07, 6.45) is 29.0. The highest BCUT2D eigenvalue weighted by Crippen LogP contribution is 2.27. The van der Waals surface area contributed by atoms with Gasteiger partial charge in [-0.3, -0.25) is 4.48 Å². The fourth-order valence-electron chi connectivity index (χ4n) is 5.89. The molecular formula is C33H61NO6. The SMILES string of the molecule is CCCCCCCCCC/C=C/CCCCCCCCCCCC[N+](C(C)C(=O)[O-])(C(C)C(=O)O)C(C)C(=O)O. The first-order valence-corrected chi connectivity index (χ1v) is 16.3. The number of carbonyl (C=O) groups is 3. The Morgan fingerprint density at radius 1 is 0.575 bits per heavy atom. The van der Waals surface area contributed by atoms with Gasteiger partial charge >= 0.3 is 11.9 Å². The third-order valence-electron chi connectivity index (χ3n) is 8.78. The van der Waals surface area contributed by atoms with E-state index in [1.807, 2.05) is 0 Å². The van der Waals surface area contributed by atoms with E-state index in [0.29, 0.717) is 6.42 Å². The van der Waals surface area contributed by atoms with Crippen LogP contribution in [-0.2, 0) is 14.4 Å². The maximum Gasteiger partial charge on any atom is 0.362 e. The molecular weight excluding hydrogens is 506 g/mol. The van der Waals surface area contributed by atoms with Crippen LogP contribution in [0, 0.1) is 0 Å². The van der Waals surface area contributed by atoms with Crippen molar-refractivity contribution in [3.8, 4) is 0 Å². The second-order valence-electron chi connectivity index (χ2n) is 11.8. The molecule has 0 heterocycles. The third kappa shape index (κ3) is 15.8. The summed E-state index contributed by atoms with van der Waals surface area (Å²) in [5.41, 5.74) is 0. The summed E-state index contributed by atoms with van der Waals surface area (Å²) < 4.78 is -0.540. The number of quaternary nitrogens is 1. The number of carbonyl (C=O) groups excluding carboxylic acids is 1. The molecule has 2 N–H and O–H groups in total. The zero-order chi connectivity index (χ0) is 30.2. The van der Waals surface area contributed by atoms with E-state index in [-0.39, 0.29) is 6.54 Å². The molecule has 0 aliphatic heterocycles. The molecule has 0 radical (unpaired) electrons. The van der Waals surface area contributed by atoms with Crippen LogP contribution in [-0.4, -0.2) is 57.3 Å². The Morgan fingerprint density at radius 3 is 1.23 bits per heavy atom. The van der Waals surface area contributed by atoms with Gasteiger partial charge in [-0.1, -0.05) is 109 Å².